The van der Waals surface area contributed by atoms with Crippen molar-refractivity contribution in [3.63, 3.8) is 0 Å². The third-order valence-electron chi connectivity index (χ3n) is 3.21. The lowest BCUT2D eigenvalue weighted by molar-refractivity contribution is 1.05. The highest BCUT2D eigenvalue weighted by Gasteiger charge is 2.11. The summed E-state index contributed by atoms with van der Waals surface area (Å²) in [5.41, 5.74) is 5.39. The molecule has 0 saturated carbocycles. The van der Waals surface area contributed by atoms with E-state index in [9.17, 15) is 0 Å². The number of hydrogen-bond acceptors (Lipinski definition) is 2. The summed E-state index contributed by atoms with van der Waals surface area (Å²) in [6.45, 7) is 4.14. The number of rotatable bonds is 0. The molecule has 1 heterocycles. The van der Waals surface area contributed by atoms with E-state index in [2.05, 4.69) is 34.8 Å². The summed E-state index contributed by atoms with van der Waals surface area (Å²) in [6.07, 6.45) is 12.5. The second-order valence-electron chi connectivity index (χ2n) is 4.45. The first-order valence-electron chi connectivity index (χ1n) is 6.27. The van der Waals surface area contributed by atoms with Crippen LogP contribution < -0.4 is 0 Å². The summed E-state index contributed by atoms with van der Waals surface area (Å²) in [5.74, 6) is 0. The lowest BCUT2D eigenvalue weighted by Crippen LogP contribution is -1.97. The first-order chi connectivity index (χ1) is 9.36. The van der Waals surface area contributed by atoms with E-state index in [1.807, 2.05) is 36.6 Å². The third kappa shape index (κ3) is 2.25. The van der Waals surface area contributed by atoms with Crippen molar-refractivity contribution in [2.24, 2.45) is 0 Å². The van der Waals surface area contributed by atoms with Gasteiger partial charge in [0.25, 0.3) is 0 Å². The van der Waals surface area contributed by atoms with E-state index in [1.54, 1.807) is 6.33 Å². The highest BCUT2D eigenvalue weighted by atomic mass is 14.8. The average molecular weight is 246 g/mol. The van der Waals surface area contributed by atoms with Gasteiger partial charge in [-0.1, -0.05) is 55.1 Å². The summed E-state index contributed by atoms with van der Waals surface area (Å²) < 4.78 is 0. The van der Waals surface area contributed by atoms with E-state index in [0.717, 1.165) is 34.4 Å². The molecular weight excluding hydrogens is 232 g/mol. The van der Waals surface area contributed by atoms with E-state index >= 15 is 0 Å². The number of aromatic nitrogens is 2. The van der Waals surface area contributed by atoms with Crippen LogP contribution in [0.1, 0.15) is 11.3 Å². The van der Waals surface area contributed by atoms with Crippen LogP contribution in [0.15, 0.2) is 67.7 Å². The quantitative estimate of drug-likeness (QED) is 0.706. The first kappa shape index (κ1) is 11.6. The number of hydrogen-bond donors (Lipinski definition) is 0. The zero-order valence-corrected chi connectivity index (χ0v) is 10.6. The van der Waals surface area contributed by atoms with E-state index < -0.39 is 0 Å². The van der Waals surface area contributed by atoms with Crippen LogP contribution in [0.5, 0.6) is 0 Å². The second kappa shape index (κ2) is 5.02. The van der Waals surface area contributed by atoms with Crippen molar-refractivity contribution < 1.29 is 0 Å². The highest BCUT2D eigenvalue weighted by Crippen LogP contribution is 2.30. The molecule has 0 fully saturated rings. The lowest BCUT2D eigenvalue weighted by Gasteiger charge is -2.12. The molecule has 0 atom stereocenters. The topological polar surface area (TPSA) is 25.8 Å². The van der Waals surface area contributed by atoms with E-state index in [-0.39, 0.29) is 0 Å². The van der Waals surface area contributed by atoms with Crippen molar-refractivity contribution in [2.45, 2.75) is 6.42 Å². The Morgan fingerprint density at radius 3 is 2.74 bits per heavy atom. The summed E-state index contributed by atoms with van der Waals surface area (Å²) in [4.78, 5) is 8.57. The third-order valence-corrected chi connectivity index (χ3v) is 3.21. The molecule has 0 spiro atoms. The Hall–Kier alpha value is -2.48. The SMILES string of the molecule is C=C1/C=C\C=C/Cc2ncncc2-c2ccccc21. The van der Waals surface area contributed by atoms with Crippen molar-refractivity contribution >= 4 is 5.57 Å². The fourth-order valence-electron chi connectivity index (χ4n) is 2.26. The van der Waals surface area contributed by atoms with Crippen molar-refractivity contribution in [1.82, 2.24) is 9.97 Å². The molecule has 19 heavy (non-hydrogen) atoms. The van der Waals surface area contributed by atoms with Gasteiger partial charge >= 0.3 is 0 Å². The molecule has 0 amide bonds. The van der Waals surface area contributed by atoms with Gasteiger partial charge in [-0.2, -0.15) is 0 Å². The zero-order chi connectivity index (χ0) is 13.1. The van der Waals surface area contributed by atoms with Crippen molar-refractivity contribution in [2.75, 3.05) is 0 Å². The lowest BCUT2D eigenvalue weighted by atomic mass is 9.93. The molecule has 0 N–H and O–H groups in total. The molecule has 2 heteroatoms. The molecule has 0 saturated heterocycles. The molecule has 1 aromatic heterocycles. The predicted octanol–water partition coefficient (Wildman–Crippen LogP) is 3.83. The Kier molecular flexibility index (Phi) is 3.07. The first-order valence-corrected chi connectivity index (χ1v) is 6.27. The summed E-state index contributed by atoms with van der Waals surface area (Å²) >= 11 is 0. The van der Waals surface area contributed by atoms with Crippen LogP contribution >= 0.6 is 0 Å². The Labute approximate surface area is 112 Å². The molecule has 2 nitrogen and oxygen atoms in total. The molecule has 0 radical (unpaired) electrons. The smallest absolute Gasteiger partial charge is 0.115 e. The minimum atomic E-state index is 0.809. The van der Waals surface area contributed by atoms with Gasteiger partial charge in [-0.25, -0.2) is 9.97 Å². The molecule has 0 aliphatic heterocycles. The maximum Gasteiger partial charge on any atom is 0.115 e. The van der Waals surface area contributed by atoms with Gasteiger partial charge in [0.05, 0.1) is 5.69 Å². The molecular formula is C17H14N2. The van der Waals surface area contributed by atoms with Gasteiger partial charge < -0.3 is 0 Å². The fourth-order valence-corrected chi connectivity index (χ4v) is 2.26. The van der Waals surface area contributed by atoms with Crippen LogP contribution in [0, 0.1) is 0 Å². The largest absolute Gasteiger partial charge is 0.244 e. The molecule has 0 bridgehead atoms. The summed E-state index contributed by atoms with van der Waals surface area (Å²) in [6, 6.07) is 8.25. The Morgan fingerprint density at radius 2 is 1.84 bits per heavy atom. The maximum absolute atomic E-state index is 4.40. The summed E-state index contributed by atoms with van der Waals surface area (Å²) in [7, 11) is 0. The molecule has 1 aliphatic rings. The van der Waals surface area contributed by atoms with Gasteiger partial charge in [0, 0.05) is 18.2 Å². The van der Waals surface area contributed by atoms with Crippen LogP contribution in [0.3, 0.4) is 0 Å². The molecule has 2 aromatic rings. The standard InChI is InChI=1S/C17H14N2/c1-13-7-3-2-4-10-17-16(11-18-12-19-17)15-9-6-5-8-14(13)15/h2-9,11-12H,1,10H2/b4-2-,7-3-. The fraction of sp³-hybridized carbons (Fsp3) is 0.0588. The van der Waals surface area contributed by atoms with Crippen molar-refractivity contribution in [3.05, 3.63) is 78.9 Å². The monoisotopic (exact) mass is 246 g/mol. The second-order valence-corrected chi connectivity index (χ2v) is 4.45. The molecule has 3 rings (SSSR count). The van der Waals surface area contributed by atoms with Crippen LogP contribution in [0.2, 0.25) is 0 Å². The van der Waals surface area contributed by atoms with Gasteiger partial charge in [-0.05, 0) is 16.7 Å². The number of benzene rings is 1. The van der Waals surface area contributed by atoms with Gasteiger partial charge in [-0.3, -0.25) is 0 Å². The zero-order valence-electron chi connectivity index (χ0n) is 10.6. The minimum Gasteiger partial charge on any atom is -0.244 e. The van der Waals surface area contributed by atoms with Crippen molar-refractivity contribution in [1.29, 1.82) is 0 Å². The number of nitrogens with zero attached hydrogens (tertiary/aromatic N) is 2. The minimum absolute atomic E-state index is 0.809. The molecule has 1 aromatic carbocycles. The Balaban J connectivity index is 2.28. The van der Waals surface area contributed by atoms with Crippen molar-refractivity contribution in [3.8, 4) is 11.1 Å². The van der Waals surface area contributed by atoms with Gasteiger partial charge in [0.2, 0.25) is 0 Å². The normalized spacial score (nSPS) is 17.2. The van der Waals surface area contributed by atoms with Gasteiger partial charge in [0.1, 0.15) is 6.33 Å². The van der Waals surface area contributed by atoms with Crippen LogP contribution in [-0.2, 0) is 6.42 Å². The van der Waals surface area contributed by atoms with Gasteiger partial charge in [0.15, 0.2) is 0 Å². The maximum atomic E-state index is 4.40. The van der Waals surface area contributed by atoms with E-state index in [0.29, 0.717) is 0 Å². The molecule has 0 unspecified atom stereocenters. The van der Waals surface area contributed by atoms with Crippen LogP contribution in [0.25, 0.3) is 16.7 Å². The summed E-state index contributed by atoms with van der Waals surface area (Å²) in [5, 5.41) is 0. The van der Waals surface area contributed by atoms with Crippen LogP contribution in [-0.4, -0.2) is 9.97 Å². The molecule has 92 valence electrons. The average Bonchev–Trinajstić information content (AvgIpc) is 2.47. The number of allylic oxidation sites excluding steroid dienone is 5. The Morgan fingerprint density at radius 1 is 1.00 bits per heavy atom. The van der Waals surface area contributed by atoms with Crippen LogP contribution in [0.4, 0.5) is 0 Å². The highest BCUT2D eigenvalue weighted by molar-refractivity contribution is 5.85. The predicted molar refractivity (Wildman–Crippen MR) is 78.5 cm³/mol. The Bertz CT molecular complexity index is 681. The van der Waals surface area contributed by atoms with E-state index in [1.165, 1.54) is 0 Å². The molecule has 1 aliphatic carbocycles. The van der Waals surface area contributed by atoms with E-state index in [4.69, 9.17) is 0 Å². The van der Waals surface area contributed by atoms with Gasteiger partial charge in [-0.15, -0.1) is 0 Å². The number of fused-ring (bicyclic) bond motifs is 3.